The number of aromatic nitrogens is 1. The molecule has 4 heteroatoms. The first-order valence-electron chi connectivity index (χ1n) is 6.52. The van der Waals surface area contributed by atoms with Crippen LogP contribution in [0.5, 0.6) is 0 Å². The average Bonchev–Trinajstić information content (AvgIpc) is 2.24. The first-order valence-corrected chi connectivity index (χ1v) is 6.52. The molecule has 4 nitrogen and oxygen atoms in total. The lowest BCUT2D eigenvalue weighted by Gasteiger charge is -2.24. The summed E-state index contributed by atoms with van der Waals surface area (Å²) in [6, 6.07) is 4.07. The lowest BCUT2D eigenvalue weighted by atomic mass is 9.91. The molecule has 106 valence electrons. The molecule has 0 saturated heterocycles. The van der Waals surface area contributed by atoms with E-state index in [1.54, 1.807) is 0 Å². The van der Waals surface area contributed by atoms with Gasteiger partial charge in [0, 0.05) is 29.4 Å². The molecule has 1 aromatic heterocycles. The molecule has 1 heterocycles. The van der Waals surface area contributed by atoms with Crippen LogP contribution in [0.4, 0.5) is 0 Å². The summed E-state index contributed by atoms with van der Waals surface area (Å²) in [4.78, 5) is 15.2. The minimum Gasteiger partial charge on any atom is -0.481 e. The van der Waals surface area contributed by atoms with Gasteiger partial charge in [-0.25, -0.2) is 0 Å². The maximum absolute atomic E-state index is 10.7. The van der Waals surface area contributed by atoms with Gasteiger partial charge in [-0.2, -0.15) is 0 Å². The number of hydrogen-bond donors (Lipinski definition) is 2. The Labute approximate surface area is 115 Å². The third-order valence-corrected chi connectivity index (χ3v) is 2.96. The Morgan fingerprint density at radius 1 is 1.26 bits per heavy atom. The molecule has 2 N–H and O–H groups in total. The van der Waals surface area contributed by atoms with Crippen molar-refractivity contribution in [2.45, 2.75) is 58.5 Å². The number of pyridine rings is 1. The summed E-state index contributed by atoms with van der Waals surface area (Å²) in [5, 5.41) is 12.1. The highest BCUT2D eigenvalue weighted by atomic mass is 16.4. The molecule has 0 aromatic carbocycles. The molecule has 0 saturated carbocycles. The highest BCUT2D eigenvalue weighted by Crippen LogP contribution is 2.19. The minimum atomic E-state index is -0.793. The number of carboxylic acid groups (broad SMARTS) is 1. The second-order valence-electron chi connectivity index (χ2n) is 6.61. The highest BCUT2D eigenvalue weighted by molar-refractivity contribution is 5.68. The van der Waals surface area contributed by atoms with E-state index in [1.165, 1.54) is 0 Å². The van der Waals surface area contributed by atoms with E-state index >= 15 is 0 Å². The van der Waals surface area contributed by atoms with Crippen molar-refractivity contribution in [3.8, 4) is 0 Å². The van der Waals surface area contributed by atoms with E-state index in [-0.39, 0.29) is 11.8 Å². The van der Waals surface area contributed by atoms with Crippen molar-refractivity contribution in [2.75, 3.05) is 0 Å². The molecule has 1 aromatic rings. The van der Waals surface area contributed by atoms with Crippen molar-refractivity contribution in [2.24, 2.45) is 0 Å². The van der Waals surface area contributed by atoms with Gasteiger partial charge in [-0.3, -0.25) is 9.78 Å². The predicted octanol–water partition coefficient (Wildman–Crippen LogP) is 2.72. The molecule has 0 atom stereocenters. The number of carbonyl (C=O) groups is 1. The predicted molar refractivity (Wildman–Crippen MR) is 76.1 cm³/mol. The third-order valence-electron chi connectivity index (χ3n) is 2.96. The van der Waals surface area contributed by atoms with Crippen molar-refractivity contribution >= 4 is 5.97 Å². The van der Waals surface area contributed by atoms with Gasteiger partial charge in [-0.1, -0.05) is 26.8 Å². The van der Waals surface area contributed by atoms with E-state index in [2.05, 4.69) is 31.1 Å². The molecule has 0 radical (unpaired) electrons. The molecular weight excluding hydrogens is 240 g/mol. The van der Waals surface area contributed by atoms with Crippen LogP contribution >= 0.6 is 0 Å². The van der Waals surface area contributed by atoms with Gasteiger partial charge in [0.1, 0.15) is 0 Å². The van der Waals surface area contributed by atoms with E-state index < -0.39 is 11.5 Å². The smallest absolute Gasteiger partial charge is 0.305 e. The summed E-state index contributed by atoms with van der Waals surface area (Å²) in [5.41, 5.74) is 1.75. The molecule has 0 amide bonds. The van der Waals surface area contributed by atoms with Gasteiger partial charge in [0.15, 0.2) is 0 Å². The zero-order chi connectivity index (χ0) is 14.7. The first kappa shape index (κ1) is 15.6. The lowest BCUT2D eigenvalue weighted by molar-refractivity contribution is -0.138. The van der Waals surface area contributed by atoms with Crippen molar-refractivity contribution in [3.05, 3.63) is 29.6 Å². The maximum atomic E-state index is 10.7. The van der Waals surface area contributed by atoms with Crippen LogP contribution in [0, 0.1) is 0 Å². The van der Waals surface area contributed by atoms with Crippen molar-refractivity contribution in [3.63, 3.8) is 0 Å². The monoisotopic (exact) mass is 264 g/mol. The van der Waals surface area contributed by atoms with Crippen LogP contribution in [-0.2, 0) is 16.8 Å². The van der Waals surface area contributed by atoms with E-state index in [1.807, 2.05) is 32.2 Å². The molecule has 0 aliphatic carbocycles. The standard InChI is InChI=1S/C15H24N2O2/c1-14(2,3)12-7-6-11(9-16-12)10-17-15(4,5)8-13(18)19/h6-7,9,17H,8,10H2,1-5H3,(H,18,19). The van der Waals surface area contributed by atoms with E-state index in [0.29, 0.717) is 6.54 Å². The fourth-order valence-corrected chi connectivity index (χ4v) is 1.75. The Kier molecular flexibility index (Phi) is 4.69. The zero-order valence-corrected chi connectivity index (χ0v) is 12.4. The van der Waals surface area contributed by atoms with Crippen LogP contribution in [0.3, 0.4) is 0 Å². The molecule has 0 unspecified atom stereocenters. The van der Waals surface area contributed by atoms with Crippen molar-refractivity contribution < 1.29 is 9.90 Å². The number of nitrogens with one attached hydrogen (secondary N) is 1. The molecule has 0 bridgehead atoms. The first-order chi connectivity index (χ1) is 8.60. The number of carboxylic acids is 1. The number of hydrogen-bond acceptors (Lipinski definition) is 3. The number of nitrogens with zero attached hydrogens (tertiary/aromatic N) is 1. The molecule has 0 spiro atoms. The summed E-state index contributed by atoms with van der Waals surface area (Å²) in [7, 11) is 0. The minimum absolute atomic E-state index is 0.0501. The van der Waals surface area contributed by atoms with Crippen LogP contribution in [0.2, 0.25) is 0 Å². The highest BCUT2D eigenvalue weighted by Gasteiger charge is 2.21. The molecular formula is C15H24N2O2. The summed E-state index contributed by atoms with van der Waals surface area (Å²) in [6.45, 7) is 10.8. The molecule has 0 aliphatic rings. The number of aliphatic carboxylic acids is 1. The summed E-state index contributed by atoms with van der Waals surface area (Å²) >= 11 is 0. The Balaban J connectivity index is 2.62. The normalized spacial score (nSPS) is 12.5. The molecule has 0 aliphatic heterocycles. The van der Waals surface area contributed by atoms with Gasteiger partial charge in [0.05, 0.1) is 6.42 Å². The average molecular weight is 264 g/mol. The summed E-state index contributed by atoms with van der Waals surface area (Å²) in [6.07, 6.45) is 1.95. The topological polar surface area (TPSA) is 62.2 Å². The van der Waals surface area contributed by atoms with Gasteiger partial charge in [0.25, 0.3) is 0 Å². The van der Waals surface area contributed by atoms with Crippen LogP contribution < -0.4 is 5.32 Å². The fraction of sp³-hybridized carbons (Fsp3) is 0.600. The molecule has 19 heavy (non-hydrogen) atoms. The molecule has 1 rings (SSSR count). The summed E-state index contributed by atoms with van der Waals surface area (Å²) in [5.74, 6) is -0.793. The maximum Gasteiger partial charge on any atom is 0.305 e. The van der Waals surface area contributed by atoms with Gasteiger partial charge >= 0.3 is 5.97 Å². The van der Waals surface area contributed by atoms with Crippen LogP contribution in [0.15, 0.2) is 18.3 Å². The third kappa shape index (κ3) is 5.39. The fourth-order valence-electron chi connectivity index (χ4n) is 1.75. The van der Waals surface area contributed by atoms with E-state index in [0.717, 1.165) is 11.3 Å². The number of rotatable bonds is 5. The zero-order valence-electron chi connectivity index (χ0n) is 12.4. The van der Waals surface area contributed by atoms with Gasteiger partial charge < -0.3 is 10.4 Å². The largest absolute Gasteiger partial charge is 0.481 e. The van der Waals surface area contributed by atoms with Crippen molar-refractivity contribution in [1.29, 1.82) is 0 Å². The summed E-state index contributed by atoms with van der Waals surface area (Å²) < 4.78 is 0. The Morgan fingerprint density at radius 2 is 1.89 bits per heavy atom. The lowest BCUT2D eigenvalue weighted by Crippen LogP contribution is -2.40. The van der Waals surface area contributed by atoms with E-state index in [9.17, 15) is 4.79 Å². The SMILES string of the molecule is CC(C)(CC(=O)O)NCc1ccc(C(C)(C)C)nc1. The Bertz CT molecular complexity index is 430. The van der Waals surface area contributed by atoms with Crippen molar-refractivity contribution in [1.82, 2.24) is 10.3 Å². The van der Waals surface area contributed by atoms with E-state index in [4.69, 9.17) is 5.11 Å². The van der Waals surface area contributed by atoms with Gasteiger partial charge in [-0.15, -0.1) is 0 Å². The van der Waals surface area contributed by atoms with Gasteiger partial charge in [0.2, 0.25) is 0 Å². The van der Waals surface area contributed by atoms with Crippen LogP contribution in [-0.4, -0.2) is 21.6 Å². The Hall–Kier alpha value is -1.42. The molecule has 0 fully saturated rings. The van der Waals surface area contributed by atoms with Gasteiger partial charge in [-0.05, 0) is 25.5 Å². The Morgan fingerprint density at radius 3 is 2.32 bits per heavy atom. The second kappa shape index (κ2) is 5.70. The second-order valence-corrected chi connectivity index (χ2v) is 6.61. The van der Waals surface area contributed by atoms with Crippen LogP contribution in [0.25, 0.3) is 0 Å². The van der Waals surface area contributed by atoms with Crippen LogP contribution in [0.1, 0.15) is 52.3 Å². The quantitative estimate of drug-likeness (QED) is 0.858.